The average Bonchev–Trinajstić information content (AvgIpc) is 2.86. The number of fused-ring (bicyclic) bond motifs is 1. The molecule has 0 bridgehead atoms. The molecule has 1 atom stereocenters. The number of likely N-dealkylation sites (tertiary alicyclic amines) is 1. The second kappa shape index (κ2) is 6.16. The largest absolute Gasteiger partial charge is 0.331 e. The highest BCUT2D eigenvalue weighted by atomic mass is 15.1. The number of piperidine rings is 1. The van der Waals surface area contributed by atoms with Crippen LogP contribution in [-0.2, 0) is 7.05 Å². The predicted molar refractivity (Wildman–Crippen MR) is 87.3 cm³/mol. The quantitative estimate of drug-likeness (QED) is 0.938. The lowest BCUT2D eigenvalue weighted by Crippen LogP contribution is -2.37. The first kappa shape index (κ1) is 14.5. The van der Waals surface area contributed by atoms with Gasteiger partial charge in [0.1, 0.15) is 5.82 Å². The summed E-state index contributed by atoms with van der Waals surface area (Å²) < 4.78 is 2.24. The first-order chi connectivity index (χ1) is 10.2. The summed E-state index contributed by atoms with van der Waals surface area (Å²) in [6.45, 7) is 6.48. The minimum absolute atomic E-state index is 0.376. The van der Waals surface area contributed by atoms with Crippen LogP contribution in [0.25, 0.3) is 11.0 Å². The standard InChI is InChI=1S/C17H26N4/c1-3-21-10-8-13(9-11-21)14(12-18)17-19-15-6-4-5-7-16(15)20(17)2/h4-7,13-14H,3,8-12,18H2,1-2H3. The summed E-state index contributed by atoms with van der Waals surface area (Å²) in [5, 5.41) is 0. The van der Waals surface area contributed by atoms with Crippen LogP contribution in [0.4, 0.5) is 0 Å². The number of benzene rings is 1. The zero-order chi connectivity index (χ0) is 14.8. The summed E-state index contributed by atoms with van der Waals surface area (Å²) in [4.78, 5) is 7.39. The topological polar surface area (TPSA) is 47.1 Å². The first-order valence-electron chi connectivity index (χ1n) is 8.08. The van der Waals surface area contributed by atoms with E-state index in [2.05, 4.69) is 47.7 Å². The van der Waals surface area contributed by atoms with Crippen molar-refractivity contribution in [2.75, 3.05) is 26.2 Å². The Morgan fingerprint density at radius 2 is 2.00 bits per heavy atom. The zero-order valence-electron chi connectivity index (χ0n) is 13.1. The lowest BCUT2D eigenvalue weighted by atomic mass is 9.83. The van der Waals surface area contributed by atoms with Crippen LogP contribution in [0.3, 0.4) is 0 Å². The maximum Gasteiger partial charge on any atom is 0.114 e. The Morgan fingerprint density at radius 3 is 2.62 bits per heavy atom. The Balaban J connectivity index is 1.86. The van der Waals surface area contributed by atoms with E-state index in [0.717, 1.165) is 17.9 Å². The van der Waals surface area contributed by atoms with E-state index in [0.29, 0.717) is 18.4 Å². The van der Waals surface area contributed by atoms with E-state index in [-0.39, 0.29) is 0 Å². The molecule has 0 aliphatic carbocycles. The van der Waals surface area contributed by atoms with Crippen molar-refractivity contribution in [1.82, 2.24) is 14.5 Å². The van der Waals surface area contributed by atoms with E-state index in [9.17, 15) is 0 Å². The molecule has 1 aromatic carbocycles. The number of aryl methyl sites for hydroxylation is 1. The summed E-state index contributed by atoms with van der Waals surface area (Å²) in [6, 6.07) is 8.35. The molecule has 1 aliphatic rings. The Kier molecular flexibility index (Phi) is 4.27. The van der Waals surface area contributed by atoms with Gasteiger partial charge in [-0.1, -0.05) is 19.1 Å². The van der Waals surface area contributed by atoms with Gasteiger partial charge in [0, 0.05) is 19.5 Å². The maximum absolute atomic E-state index is 6.13. The van der Waals surface area contributed by atoms with E-state index >= 15 is 0 Å². The highest BCUT2D eigenvalue weighted by molar-refractivity contribution is 5.75. The lowest BCUT2D eigenvalue weighted by molar-refractivity contribution is 0.173. The Bertz CT molecular complexity index is 596. The SMILES string of the molecule is CCN1CCC(C(CN)c2nc3ccccc3n2C)CC1. The van der Waals surface area contributed by atoms with Crippen LogP contribution in [0, 0.1) is 5.92 Å². The molecule has 4 nitrogen and oxygen atoms in total. The molecule has 4 heteroatoms. The van der Waals surface area contributed by atoms with Gasteiger partial charge in [0.2, 0.25) is 0 Å². The summed E-state index contributed by atoms with van der Waals surface area (Å²) >= 11 is 0. The van der Waals surface area contributed by atoms with Crippen LogP contribution in [0.1, 0.15) is 31.5 Å². The molecule has 0 saturated carbocycles. The van der Waals surface area contributed by atoms with Gasteiger partial charge in [0.05, 0.1) is 11.0 Å². The highest BCUT2D eigenvalue weighted by Gasteiger charge is 2.29. The van der Waals surface area contributed by atoms with Crippen LogP contribution < -0.4 is 5.73 Å². The first-order valence-corrected chi connectivity index (χ1v) is 8.08. The smallest absolute Gasteiger partial charge is 0.114 e. The summed E-state index contributed by atoms with van der Waals surface area (Å²) in [6.07, 6.45) is 2.47. The molecule has 1 aliphatic heterocycles. The maximum atomic E-state index is 6.13. The van der Waals surface area contributed by atoms with Gasteiger partial charge < -0.3 is 15.2 Å². The van der Waals surface area contributed by atoms with Gasteiger partial charge >= 0.3 is 0 Å². The molecule has 21 heavy (non-hydrogen) atoms. The molecule has 0 spiro atoms. The number of para-hydroxylation sites is 2. The number of nitrogens with two attached hydrogens (primary N) is 1. The van der Waals surface area contributed by atoms with Gasteiger partial charge in [-0.15, -0.1) is 0 Å². The van der Waals surface area contributed by atoms with Gasteiger partial charge in [-0.2, -0.15) is 0 Å². The second-order valence-corrected chi connectivity index (χ2v) is 6.13. The second-order valence-electron chi connectivity index (χ2n) is 6.13. The molecule has 3 rings (SSSR count). The summed E-state index contributed by atoms with van der Waals surface area (Å²) in [7, 11) is 2.12. The molecule has 2 heterocycles. The number of rotatable bonds is 4. The van der Waals surface area contributed by atoms with Crippen LogP contribution >= 0.6 is 0 Å². The molecule has 0 amide bonds. The van der Waals surface area contributed by atoms with E-state index in [1.165, 1.54) is 31.4 Å². The van der Waals surface area contributed by atoms with Gasteiger partial charge in [-0.3, -0.25) is 0 Å². The van der Waals surface area contributed by atoms with Gasteiger partial charge in [-0.05, 0) is 50.5 Å². The molecule has 2 N–H and O–H groups in total. The molecule has 1 saturated heterocycles. The molecule has 114 valence electrons. The fourth-order valence-corrected chi connectivity index (χ4v) is 3.68. The third-order valence-electron chi connectivity index (χ3n) is 5.06. The van der Waals surface area contributed by atoms with E-state index in [1.54, 1.807) is 0 Å². The number of hydrogen-bond acceptors (Lipinski definition) is 3. The van der Waals surface area contributed by atoms with Gasteiger partial charge in [0.25, 0.3) is 0 Å². The van der Waals surface area contributed by atoms with Crippen LogP contribution in [0.15, 0.2) is 24.3 Å². The monoisotopic (exact) mass is 286 g/mol. The Hall–Kier alpha value is -1.39. The average molecular weight is 286 g/mol. The molecule has 1 aromatic heterocycles. The summed E-state index contributed by atoms with van der Waals surface area (Å²) in [5.74, 6) is 2.20. The Labute approximate surface area is 126 Å². The van der Waals surface area contributed by atoms with Crippen molar-refractivity contribution < 1.29 is 0 Å². The molecule has 1 fully saturated rings. The lowest BCUT2D eigenvalue weighted by Gasteiger charge is -2.34. The molecular formula is C17H26N4. The minimum atomic E-state index is 0.376. The van der Waals surface area contributed by atoms with E-state index in [1.807, 2.05) is 0 Å². The van der Waals surface area contributed by atoms with Gasteiger partial charge in [-0.25, -0.2) is 4.98 Å². The molecular weight excluding hydrogens is 260 g/mol. The van der Waals surface area contributed by atoms with E-state index in [4.69, 9.17) is 10.7 Å². The number of aromatic nitrogens is 2. The number of imidazole rings is 1. The van der Waals surface area contributed by atoms with Crippen molar-refractivity contribution >= 4 is 11.0 Å². The number of hydrogen-bond donors (Lipinski definition) is 1. The van der Waals surface area contributed by atoms with E-state index < -0.39 is 0 Å². The zero-order valence-corrected chi connectivity index (χ0v) is 13.1. The summed E-state index contributed by atoms with van der Waals surface area (Å²) in [5.41, 5.74) is 8.41. The van der Waals surface area contributed by atoms with Crippen molar-refractivity contribution in [3.05, 3.63) is 30.1 Å². The van der Waals surface area contributed by atoms with Crippen LogP contribution in [0.2, 0.25) is 0 Å². The number of nitrogens with zero attached hydrogens (tertiary/aromatic N) is 3. The van der Waals surface area contributed by atoms with Crippen LogP contribution in [0.5, 0.6) is 0 Å². The van der Waals surface area contributed by atoms with Crippen molar-refractivity contribution in [2.24, 2.45) is 18.7 Å². The Morgan fingerprint density at radius 1 is 1.29 bits per heavy atom. The molecule has 0 radical (unpaired) electrons. The van der Waals surface area contributed by atoms with Crippen molar-refractivity contribution in [3.8, 4) is 0 Å². The van der Waals surface area contributed by atoms with Crippen LogP contribution in [-0.4, -0.2) is 40.6 Å². The highest BCUT2D eigenvalue weighted by Crippen LogP contribution is 2.32. The van der Waals surface area contributed by atoms with Crippen molar-refractivity contribution in [2.45, 2.75) is 25.7 Å². The fraction of sp³-hybridized carbons (Fsp3) is 0.588. The normalized spacial score (nSPS) is 19.2. The third kappa shape index (κ3) is 2.70. The minimum Gasteiger partial charge on any atom is -0.331 e. The fourth-order valence-electron chi connectivity index (χ4n) is 3.68. The van der Waals surface area contributed by atoms with Crippen molar-refractivity contribution in [3.63, 3.8) is 0 Å². The molecule has 1 unspecified atom stereocenters. The van der Waals surface area contributed by atoms with Crippen molar-refractivity contribution in [1.29, 1.82) is 0 Å². The van der Waals surface area contributed by atoms with Gasteiger partial charge in [0.15, 0.2) is 0 Å². The predicted octanol–water partition coefficient (Wildman–Crippen LogP) is 2.35. The molecule has 2 aromatic rings. The third-order valence-corrected chi connectivity index (χ3v) is 5.06.